The van der Waals surface area contributed by atoms with Gasteiger partial charge in [-0.1, -0.05) is 38.4 Å². The van der Waals surface area contributed by atoms with E-state index in [1.54, 1.807) is 0 Å². The lowest BCUT2D eigenvalue weighted by Crippen LogP contribution is -2.26. The van der Waals surface area contributed by atoms with Crippen molar-refractivity contribution in [3.8, 4) is 0 Å². The van der Waals surface area contributed by atoms with Crippen LogP contribution in [0.4, 0.5) is 5.82 Å². The number of nitrogens with zero attached hydrogens (tertiary/aromatic N) is 2. The monoisotopic (exact) mass is 281 g/mol. The molecular formula is C15H24ClN3. The Labute approximate surface area is 121 Å². The van der Waals surface area contributed by atoms with Crippen LogP contribution in [0.15, 0.2) is 24.9 Å². The number of hydrogen-bond acceptors (Lipinski definition) is 3. The van der Waals surface area contributed by atoms with Crippen molar-refractivity contribution < 1.29 is 0 Å². The molecule has 0 bridgehead atoms. The van der Waals surface area contributed by atoms with E-state index in [-0.39, 0.29) is 0 Å². The summed E-state index contributed by atoms with van der Waals surface area (Å²) in [5.41, 5.74) is 1.11. The lowest BCUT2D eigenvalue weighted by atomic mass is 10.2. The van der Waals surface area contributed by atoms with Crippen LogP contribution in [0.3, 0.4) is 0 Å². The first-order chi connectivity index (χ1) is 9.08. The second-order valence-electron chi connectivity index (χ2n) is 4.92. The Morgan fingerprint density at radius 3 is 2.79 bits per heavy atom. The summed E-state index contributed by atoms with van der Waals surface area (Å²) >= 11 is 6.34. The van der Waals surface area contributed by atoms with E-state index in [0.29, 0.717) is 11.1 Å². The number of halogens is 1. The Morgan fingerprint density at radius 1 is 1.53 bits per heavy atom. The van der Waals surface area contributed by atoms with Gasteiger partial charge in [-0.15, -0.1) is 6.58 Å². The van der Waals surface area contributed by atoms with Crippen LogP contribution in [0.25, 0.3) is 0 Å². The fourth-order valence-electron chi connectivity index (χ4n) is 1.83. The average Bonchev–Trinajstić information content (AvgIpc) is 2.36. The van der Waals surface area contributed by atoms with Crippen LogP contribution in [-0.2, 0) is 6.54 Å². The van der Waals surface area contributed by atoms with E-state index in [2.05, 4.69) is 42.6 Å². The maximum Gasteiger partial charge on any atom is 0.147 e. The van der Waals surface area contributed by atoms with E-state index in [1.165, 1.54) is 0 Å². The molecule has 1 rings (SSSR count). The highest BCUT2D eigenvalue weighted by molar-refractivity contribution is 6.33. The Balaban J connectivity index is 2.82. The van der Waals surface area contributed by atoms with Crippen LogP contribution in [0, 0.1) is 0 Å². The van der Waals surface area contributed by atoms with Crippen LogP contribution in [0.2, 0.25) is 5.02 Å². The van der Waals surface area contributed by atoms with E-state index in [1.807, 2.05) is 18.3 Å². The molecular weight excluding hydrogens is 258 g/mol. The molecule has 0 aromatic carbocycles. The SMILES string of the molecule is C=CCN(CCC)c1ncc(CNC(C)C)cc1Cl. The minimum atomic E-state index is 0.454. The van der Waals surface area contributed by atoms with Crippen molar-refractivity contribution in [2.45, 2.75) is 39.8 Å². The van der Waals surface area contributed by atoms with Gasteiger partial charge in [0.05, 0.1) is 5.02 Å². The molecule has 0 atom stereocenters. The van der Waals surface area contributed by atoms with Crippen molar-refractivity contribution in [1.29, 1.82) is 0 Å². The molecule has 0 spiro atoms. The number of anilines is 1. The first-order valence-electron chi connectivity index (χ1n) is 6.82. The number of rotatable bonds is 8. The molecule has 0 saturated heterocycles. The summed E-state index contributed by atoms with van der Waals surface area (Å²) in [4.78, 5) is 6.65. The standard InChI is InChI=1S/C15H24ClN3/c1-5-7-19(8-6-2)15-14(16)9-13(11-18-15)10-17-12(3)4/h5,9,11-12,17H,1,6-8,10H2,2-4H3. The largest absolute Gasteiger partial charge is 0.352 e. The van der Waals surface area contributed by atoms with Gasteiger partial charge < -0.3 is 10.2 Å². The van der Waals surface area contributed by atoms with Crippen molar-refractivity contribution in [2.75, 3.05) is 18.0 Å². The van der Waals surface area contributed by atoms with Gasteiger partial charge in [-0.2, -0.15) is 0 Å². The zero-order chi connectivity index (χ0) is 14.3. The predicted octanol–water partition coefficient (Wildman–Crippen LogP) is 3.64. The molecule has 106 valence electrons. The van der Waals surface area contributed by atoms with Crippen LogP contribution < -0.4 is 10.2 Å². The fraction of sp³-hybridized carbons (Fsp3) is 0.533. The lowest BCUT2D eigenvalue weighted by molar-refractivity contribution is 0.588. The number of pyridine rings is 1. The molecule has 1 aromatic rings. The topological polar surface area (TPSA) is 28.2 Å². The Bertz CT molecular complexity index is 404. The van der Waals surface area contributed by atoms with Crippen molar-refractivity contribution in [3.05, 3.63) is 35.5 Å². The van der Waals surface area contributed by atoms with Gasteiger partial charge in [-0.25, -0.2) is 4.98 Å². The van der Waals surface area contributed by atoms with Gasteiger partial charge in [0.25, 0.3) is 0 Å². The molecule has 4 heteroatoms. The van der Waals surface area contributed by atoms with E-state index >= 15 is 0 Å². The minimum Gasteiger partial charge on any atom is -0.352 e. The first-order valence-corrected chi connectivity index (χ1v) is 7.19. The fourth-order valence-corrected chi connectivity index (χ4v) is 2.14. The molecule has 0 aliphatic rings. The molecule has 0 radical (unpaired) electrons. The summed E-state index contributed by atoms with van der Waals surface area (Å²) in [6, 6.07) is 2.45. The second kappa shape index (κ2) is 8.18. The van der Waals surface area contributed by atoms with Crippen LogP contribution >= 0.6 is 11.6 Å². The van der Waals surface area contributed by atoms with Gasteiger partial charge in [-0.05, 0) is 18.1 Å². The van der Waals surface area contributed by atoms with Gasteiger partial charge >= 0.3 is 0 Å². The quantitative estimate of drug-likeness (QED) is 0.738. The molecule has 0 saturated carbocycles. The molecule has 1 heterocycles. The zero-order valence-electron chi connectivity index (χ0n) is 12.1. The third-order valence-electron chi connectivity index (χ3n) is 2.74. The van der Waals surface area contributed by atoms with E-state index in [0.717, 1.165) is 37.4 Å². The Morgan fingerprint density at radius 2 is 2.26 bits per heavy atom. The van der Waals surface area contributed by atoms with Gasteiger partial charge in [0.15, 0.2) is 0 Å². The molecule has 0 amide bonds. The maximum atomic E-state index is 6.34. The highest BCUT2D eigenvalue weighted by Gasteiger charge is 2.10. The van der Waals surface area contributed by atoms with Gasteiger partial charge in [0.1, 0.15) is 5.82 Å². The molecule has 3 nitrogen and oxygen atoms in total. The molecule has 0 fully saturated rings. The molecule has 0 aliphatic carbocycles. The third kappa shape index (κ3) is 5.21. The second-order valence-corrected chi connectivity index (χ2v) is 5.33. The first kappa shape index (κ1) is 16.0. The molecule has 19 heavy (non-hydrogen) atoms. The normalized spacial score (nSPS) is 10.8. The number of nitrogens with one attached hydrogen (secondary N) is 1. The summed E-state index contributed by atoms with van der Waals surface area (Å²) in [6.07, 6.45) is 4.83. The number of hydrogen-bond donors (Lipinski definition) is 1. The zero-order valence-corrected chi connectivity index (χ0v) is 12.9. The third-order valence-corrected chi connectivity index (χ3v) is 3.01. The predicted molar refractivity (Wildman–Crippen MR) is 83.9 cm³/mol. The summed E-state index contributed by atoms with van der Waals surface area (Å²) < 4.78 is 0. The van der Waals surface area contributed by atoms with E-state index in [4.69, 9.17) is 11.6 Å². The Hall–Kier alpha value is -1.06. The Kier molecular flexibility index (Phi) is 6.89. The van der Waals surface area contributed by atoms with Crippen molar-refractivity contribution in [3.63, 3.8) is 0 Å². The molecule has 1 aromatic heterocycles. The van der Waals surface area contributed by atoms with Crippen LogP contribution in [-0.4, -0.2) is 24.1 Å². The molecule has 1 N–H and O–H groups in total. The van der Waals surface area contributed by atoms with E-state index in [9.17, 15) is 0 Å². The highest BCUT2D eigenvalue weighted by Crippen LogP contribution is 2.24. The highest BCUT2D eigenvalue weighted by atomic mass is 35.5. The van der Waals surface area contributed by atoms with Crippen molar-refractivity contribution in [2.24, 2.45) is 0 Å². The van der Waals surface area contributed by atoms with Crippen molar-refractivity contribution in [1.82, 2.24) is 10.3 Å². The number of aromatic nitrogens is 1. The van der Waals surface area contributed by atoms with Gasteiger partial charge in [0.2, 0.25) is 0 Å². The molecule has 0 aliphatic heterocycles. The summed E-state index contributed by atoms with van der Waals surface area (Å²) in [5.74, 6) is 0.844. The minimum absolute atomic E-state index is 0.454. The average molecular weight is 282 g/mol. The van der Waals surface area contributed by atoms with E-state index < -0.39 is 0 Å². The maximum absolute atomic E-state index is 6.34. The van der Waals surface area contributed by atoms with Gasteiger partial charge in [-0.3, -0.25) is 0 Å². The van der Waals surface area contributed by atoms with Gasteiger partial charge in [0, 0.05) is 31.9 Å². The molecule has 0 unspecified atom stereocenters. The van der Waals surface area contributed by atoms with Crippen LogP contribution in [0.5, 0.6) is 0 Å². The van der Waals surface area contributed by atoms with Crippen molar-refractivity contribution >= 4 is 17.4 Å². The smallest absolute Gasteiger partial charge is 0.147 e. The summed E-state index contributed by atoms with van der Waals surface area (Å²) in [7, 11) is 0. The summed E-state index contributed by atoms with van der Waals surface area (Å²) in [5, 5.41) is 4.07. The van der Waals surface area contributed by atoms with Crippen LogP contribution in [0.1, 0.15) is 32.8 Å². The summed E-state index contributed by atoms with van der Waals surface area (Å²) in [6.45, 7) is 12.7. The lowest BCUT2D eigenvalue weighted by Gasteiger charge is -2.22.